The Bertz CT molecular complexity index is 568. The summed E-state index contributed by atoms with van der Waals surface area (Å²) in [6.45, 7) is 19.6. The molecule has 174 valence electrons. The smallest absolute Gasteiger partial charge is 0.410 e. The van der Waals surface area contributed by atoms with E-state index in [-0.39, 0.29) is 11.6 Å². The fourth-order valence-electron chi connectivity index (χ4n) is 3.85. The topological polar surface area (TPSA) is 78.4 Å². The van der Waals surface area contributed by atoms with Crippen LogP contribution in [0.15, 0.2) is 4.99 Å². The van der Waals surface area contributed by atoms with Gasteiger partial charge in [-0.1, -0.05) is 0 Å². The Morgan fingerprint density at radius 2 is 1.83 bits per heavy atom. The summed E-state index contributed by atoms with van der Waals surface area (Å²) in [4.78, 5) is 21.5. The molecule has 30 heavy (non-hydrogen) atoms. The first kappa shape index (κ1) is 24.7. The van der Waals surface area contributed by atoms with Crippen molar-refractivity contribution in [2.24, 2.45) is 10.9 Å². The van der Waals surface area contributed by atoms with Gasteiger partial charge >= 0.3 is 6.09 Å². The highest BCUT2D eigenvalue weighted by Gasteiger charge is 2.29. The fourth-order valence-corrected chi connectivity index (χ4v) is 3.85. The van der Waals surface area contributed by atoms with Gasteiger partial charge in [-0.05, 0) is 60.3 Å². The Hall–Kier alpha value is -1.54. The third-order valence-electron chi connectivity index (χ3n) is 5.56. The Balaban J connectivity index is 1.87. The van der Waals surface area contributed by atoms with E-state index in [0.717, 1.165) is 77.8 Å². The van der Waals surface area contributed by atoms with Gasteiger partial charge in [0.2, 0.25) is 0 Å². The molecule has 2 heterocycles. The predicted molar refractivity (Wildman–Crippen MR) is 121 cm³/mol. The molecule has 0 aliphatic carbocycles. The zero-order chi connectivity index (χ0) is 22.2. The lowest BCUT2D eigenvalue weighted by Crippen LogP contribution is -2.52. The number of hydrogen-bond donors (Lipinski definition) is 2. The van der Waals surface area contributed by atoms with E-state index in [9.17, 15) is 4.79 Å². The van der Waals surface area contributed by atoms with Gasteiger partial charge in [-0.3, -0.25) is 9.89 Å². The molecule has 1 unspecified atom stereocenters. The third-order valence-corrected chi connectivity index (χ3v) is 5.56. The van der Waals surface area contributed by atoms with Crippen LogP contribution < -0.4 is 10.6 Å². The minimum absolute atomic E-state index is 0.00944. The molecule has 1 atom stereocenters. The standard InChI is InChI=1S/C22H43N5O3/c1-7-23-19(25-17-22(5,6)27-11-13-29-14-12-27)24-15-18-9-8-10-26(16-18)20(28)30-21(2,3)4/h18H,7-17H2,1-6H3,(H2,23,24,25). The molecule has 0 saturated carbocycles. The maximum absolute atomic E-state index is 12.4. The first-order valence-corrected chi connectivity index (χ1v) is 11.4. The van der Waals surface area contributed by atoms with Crippen molar-refractivity contribution in [1.82, 2.24) is 20.4 Å². The molecule has 0 spiro atoms. The van der Waals surface area contributed by atoms with Gasteiger partial charge in [-0.25, -0.2) is 4.79 Å². The van der Waals surface area contributed by atoms with Crippen molar-refractivity contribution < 1.29 is 14.3 Å². The lowest BCUT2D eigenvalue weighted by molar-refractivity contribution is -0.00684. The van der Waals surface area contributed by atoms with E-state index in [1.165, 1.54) is 0 Å². The molecule has 8 nitrogen and oxygen atoms in total. The number of guanidine groups is 1. The molecule has 2 aliphatic rings. The van der Waals surface area contributed by atoms with Crippen LogP contribution >= 0.6 is 0 Å². The molecule has 2 fully saturated rings. The van der Waals surface area contributed by atoms with Crippen molar-refractivity contribution in [2.75, 3.05) is 59.0 Å². The number of amides is 1. The highest BCUT2D eigenvalue weighted by Crippen LogP contribution is 2.19. The van der Waals surface area contributed by atoms with Crippen LogP contribution in [0.3, 0.4) is 0 Å². The fraction of sp³-hybridized carbons (Fsp3) is 0.909. The minimum atomic E-state index is -0.458. The van der Waals surface area contributed by atoms with Crippen LogP contribution in [0.1, 0.15) is 54.4 Å². The molecule has 0 aromatic heterocycles. The van der Waals surface area contributed by atoms with Crippen LogP contribution in [0.25, 0.3) is 0 Å². The van der Waals surface area contributed by atoms with Gasteiger partial charge in [0.15, 0.2) is 5.96 Å². The first-order valence-electron chi connectivity index (χ1n) is 11.4. The van der Waals surface area contributed by atoms with Crippen LogP contribution in [-0.4, -0.2) is 92.0 Å². The molecule has 0 radical (unpaired) electrons. The van der Waals surface area contributed by atoms with Crippen LogP contribution in [0.2, 0.25) is 0 Å². The number of ether oxygens (including phenoxy) is 2. The van der Waals surface area contributed by atoms with Crippen molar-refractivity contribution in [3.63, 3.8) is 0 Å². The number of likely N-dealkylation sites (tertiary alicyclic amines) is 1. The molecule has 2 saturated heterocycles. The number of nitrogens with zero attached hydrogens (tertiary/aromatic N) is 3. The number of morpholine rings is 1. The summed E-state index contributed by atoms with van der Waals surface area (Å²) in [5, 5.41) is 6.84. The Labute approximate surface area is 182 Å². The number of rotatable bonds is 6. The van der Waals surface area contributed by atoms with Crippen LogP contribution in [-0.2, 0) is 9.47 Å². The molecule has 2 rings (SSSR count). The number of aliphatic imine (C=N–C) groups is 1. The summed E-state index contributed by atoms with van der Waals surface area (Å²) in [5.41, 5.74) is -0.467. The second-order valence-corrected chi connectivity index (χ2v) is 9.92. The highest BCUT2D eigenvalue weighted by atomic mass is 16.6. The van der Waals surface area contributed by atoms with Gasteiger partial charge in [0.1, 0.15) is 5.60 Å². The van der Waals surface area contributed by atoms with Crippen LogP contribution in [0.5, 0.6) is 0 Å². The van der Waals surface area contributed by atoms with E-state index in [0.29, 0.717) is 5.92 Å². The van der Waals surface area contributed by atoms with Gasteiger partial charge in [-0.2, -0.15) is 0 Å². The molecule has 8 heteroatoms. The number of piperidine rings is 1. The SMILES string of the molecule is CCNC(=NCC(C)(C)N1CCOCC1)NCC1CCCN(C(=O)OC(C)(C)C)C1. The van der Waals surface area contributed by atoms with Gasteiger partial charge < -0.3 is 25.0 Å². The van der Waals surface area contributed by atoms with E-state index >= 15 is 0 Å². The van der Waals surface area contributed by atoms with Crippen LogP contribution in [0.4, 0.5) is 4.79 Å². The summed E-state index contributed by atoms with van der Waals surface area (Å²) in [6.07, 6.45) is 1.90. The zero-order valence-electron chi connectivity index (χ0n) is 19.9. The summed E-state index contributed by atoms with van der Waals surface area (Å²) in [7, 11) is 0. The number of nitrogens with one attached hydrogen (secondary N) is 2. The Morgan fingerprint density at radius 3 is 2.47 bits per heavy atom. The average molecular weight is 426 g/mol. The molecule has 0 bridgehead atoms. The van der Waals surface area contributed by atoms with Gasteiger partial charge in [0.25, 0.3) is 0 Å². The van der Waals surface area contributed by atoms with E-state index < -0.39 is 5.60 Å². The molecule has 0 aromatic rings. The van der Waals surface area contributed by atoms with Crippen LogP contribution in [0, 0.1) is 5.92 Å². The van der Waals surface area contributed by atoms with Crippen molar-refractivity contribution in [1.29, 1.82) is 0 Å². The minimum Gasteiger partial charge on any atom is -0.444 e. The van der Waals surface area contributed by atoms with E-state index in [2.05, 4.69) is 36.3 Å². The average Bonchev–Trinajstić information content (AvgIpc) is 2.70. The molecule has 0 aromatic carbocycles. The molecule has 2 N–H and O–H groups in total. The number of carbonyl (C=O) groups excluding carboxylic acids is 1. The second kappa shape index (κ2) is 11.2. The van der Waals surface area contributed by atoms with E-state index in [1.807, 2.05) is 25.7 Å². The Morgan fingerprint density at radius 1 is 1.13 bits per heavy atom. The highest BCUT2D eigenvalue weighted by molar-refractivity contribution is 5.79. The normalized spacial score (nSPS) is 22.0. The molecule has 1 amide bonds. The summed E-state index contributed by atoms with van der Waals surface area (Å²) < 4.78 is 11.0. The van der Waals surface area contributed by atoms with Gasteiger partial charge in [0.05, 0.1) is 19.8 Å². The summed E-state index contributed by atoms with van der Waals surface area (Å²) in [6, 6.07) is 0. The predicted octanol–water partition coefficient (Wildman–Crippen LogP) is 2.30. The van der Waals surface area contributed by atoms with Crippen molar-refractivity contribution in [3.05, 3.63) is 0 Å². The maximum Gasteiger partial charge on any atom is 0.410 e. The Kier molecular flexibility index (Phi) is 9.22. The van der Waals surface area contributed by atoms with E-state index in [4.69, 9.17) is 14.5 Å². The zero-order valence-corrected chi connectivity index (χ0v) is 19.9. The lowest BCUT2D eigenvalue weighted by Gasteiger charge is -2.40. The van der Waals surface area contributed by atoms with Crippen molar-refractivity contribution >= 4 is 12.1 Å². The van der Waals surface area contributed by atoms with E-state index in [1.54, 1.807) is 0 Å². The van der Waals surface area contributed by atoms with Crippen molar-refractivity contribution in [3.8, 4) is 0 Å². The molecular weight excluding hydrogens is 382 g/mol. The first-order chi connectivity index (χ1) is 14.1. The summed E-state index contributed by atoms with van der Waals surface area (Å²) >= 11 is 0. The second-order valence-electron chi connectivity index (χ2n) is 9.92. The monoisotopic (exact) mass is 425 g/mol. The maximum atomic E-state index is 12.4. The number of carbonyl (C=O) groups is 1. The number of hydrogen-bond acceptors (Lipinski definition) is 5. The van der Waals surface area contributed by atoms with Crippen molar-refractivity contribution in [2.45, 2.75) is 65.5 Å². The summed E-state index contributed by atoms with van der Waals surface area (Å²) in [5.74, 6) is 1.23. The van der Waals surface area contributed by atoms with Gasteiger partial charge in [0, 0.05) is 44.8 Å². The largest absolute Gasteiger partial charge is 0.444 e. The van der Waals surface area contributed by atoms with Gasteiger partial charge in [-0.15, -0.1) is 0 Å². The lowest BCUT2D eigenvalue weighted by atomic mass is 9.98. The molecular formula is C22H43N5O3. The quantitative estimate of drug-likeness (QED) is 0.502. The third kappa shape index (κ3) is 8.30. The molecule has 2 aliphatic heterocycles.